The van der Waals surface area contributed by atoms with Crippen molar-refractivity contribution in [2.24, 2.45) is 0 Å². The summed E-state index contributed by atoms with van der Waals surface area (Å²) < 4.78 is 1.42. The van der Waals surface area contributed by atoms with E-state index in [1.54, 1.807) is 22.5 Å². The summed E-state index contributed by atoms with van der Waals surface area (Å²) in [6.07, 6.45) is 3.85. The van der Waals surface area contributed by atoms with Gasteiger partial charge in [-0.25, -0.2) is 4.98 Å². The van der Waals surface area contributed by atoms with Crippen LogP contribution in [0.2, 0.25) is 0 Å². The van der Waals surface area contributed by atoms with Crippen molar-refractivity contribution in [1.29, 1.82) is 0 Å². The summed E-state index contributed by atoms with van der Waals surface area (Å²) in [4.78, 5) is 4.31. The third kappa shape index (κ3) is 0.758. The van der Waals surface area contributed by atoms with Gasteiger partial charge in [0.15, 0.2) is 0 Å². The molecule has 12 heavy (non-hydrogen) atoms. The van der Waals surface area contributed by atoms with Gasteiger partial charge in [0.25, 0.3) is 0 Å². The van der Waals surface area contributed by atoms with Gasteiger partial charge in [-0.05, 0) is 36.5 Å². The quantitative estimate of drug-likeness (QED) is 0.600. The highest BCUT2D eigenvalue weighted by Gasteiger charge is 2.14. The number of fused-ring (bicyclic) bond motifs is 3. The topological polar surface area (TPSA) is 12.9 Å². The summed E-state index contributed by atoms with van der Waals surface area (Å²) in [5.41, 5.74) is 6.24. The molecule has 60 valence electrons. The third-order valence-electron chi connectivity index (χ3n) is 2.57. The first-order valence-electron chi connectivity index (χ1n) is 4.29. The minimum absolute atomic E-state index is 1.18. The van der Waals surface area contributed by atoms with Crippen molar-refractivity contribution in [2.45, 2.75) is 19.3 Å². The summed E-state index contributed by atoms with van der Waals surface area (Å²) >= 11 is 1.78. The molecule has 0 atom stereocenters. The van der Waals surface area contributed by atoms with Crippen molar-refractivity contribution < 1.29 is 0 Å². The average molecular weight is 175 g/mol. The zero-order valence-electron chi connectivity index (χ0n) is 6.71. The van der Waals surface area contributed by atoms with E-state index in [2.05, 4.69) is 17.1 Å². The number of hydrogen-bond donors (Lipinski definition) is 0. The molecule has 0 fully saturated rings. The lowest BCUT2D eigenvalue weighted by atomic mass is 10.1. The van der Waals surface area contributed by atoms with Crippen LogP contribution in [0.15, 0.2) is 17.6 Å². The van der Waals surface area contributed by atoms with Gasteiger partial charge in [-0.1, -0.05) is 6.07 Å². The lowest BCUT2D eigenvalue weighted by Gasteiger charge is -1.97. The van der Waals surface area contributed by atoms with Crippen LogP contribution >= 0.6 is 11.3 Å². The van der Waals surface area contributed by atoms with Gasteiger partial charge >= 0.3 is 0 Å². The Morgan fingerprint density at radius 3 is 3.25 bits per heavy atom. The standard InChI is InChI=1S/C10H9NS/c1-2-7-4-5-9-10(8(7)3-1)12-6-11-9/h4-6H,1-3H2. The summed E-state index contributed by atoms with van der Waals surface area (Å²) in [7, 11) is 0. The van der Waals surface area contributed by atoms with E-state index in [0.717, 1.165) is 0 Å². The average Bonchev–Trinajstić information content (AvgIpc) is 2.71. The number of hydrogen-bond acceptors (Lipinski definition) is 2. The third-order valence-corrected chi connectivity index (χ3v) is 3.47. The SMILES string of the molecule is c1nc2ccc3c(c2s1)CCC3. The molecule has 3 rings (SSSR count). The lowest BCUT2D eigenvalue weighted by molar-refractivity contribution is 0.914. The van der Waals surface area contributed by atoms with Crippen LogP contribution < -0.4 is 0 Å². The van der Waals surface area contributed by atoms with Crippen LogP contribution in [0.1, 0.15) is 17.5 Å². The highest BCUT2D eigenvalue weighted by molar-refractivity contribution is 7.17. The maximum atomic E-state index is 4.31. The fourth-order valence-electron chi connectivity index (χ4n) is 1.99. The Labute approximate surface area is 75.1 Å². The molecule has 0 unspecified atom stereocenters. The molecule has 1 heterocycles. The molecule has 1 nitrogen and oxygen atoms in total. The minimum Gasteiger partial charge on any atom is -0.245 e. The number of thiazole rings is 1. The molecular formula is C10H9NS. The smallest absolute Gasteiger partial charge is 0.0815 e. The molecule has 1 aromatic carbocycles. The summed E-state index contributed by atoms with van der Waals surface area (Å²) in [5, 5.41) is 0. The Morgan fingerprint density at radius 1 is 1.25 bits per heavy atom. The Hall–Kier alpha value is -0.890. The molecule has 0 spiro atoms. The van der Waals surface area contributed by atoms with Crippen LogP contribution in [0.25, 0.3) is 10.2 Å². The Morgan fingerprint density at radius 2 is 2.25 bits per heavy atom. The molecular weight excluding hydrogens is 166 g/mol. The number of aryl methyl sites for hydroxylation is 2. The monoisotopic (exact) mass is 175 g/mol. The number of benzene rings is 1. The van der Waals surface area contributed by atoms with Gasteiger partial charge < -0.3 is 0 Å². The molecule has 0 saturated carbocycles. The van der Waals surface area contributed by atoms with E-state index in [1.165, 1.54) is 29.5 Å². The van der Waals surface area contributed by atoms with Gasteiger partial charge in [0.2, 0.25) is 0 Å². The van der Waals surface area contributed by atoms with Crippen LogP contribution in [-0.4, -0.2) is 4.98 Å². The largest absolute Gasteiger partial charge is 0.245 e. The lowest BCUT2D eigenvalue weighted by Crippen LogP contribution is -1.80. The molecule has 1 aromatic heterocycles. The van der Waals surface area contributed by atoms with Gasteiger partial charge in [-0.3, -0.25) is 0 Å². The van der Waals surface area contributed by atoms with E-state index in [1.807, 2.05) is 5.51 Å². The van der Waals surface area contributed by atoms with E-state index < -0.39 is 0 Å². The minimum atomic E-state index is 1.18. The number of aromatic nitrogens is 1. The number of nitrogens with zero attached hydrogens (tertiary/aromatic N) is 1. The van der Waals surface area contributed by atoms with Gasteiger partial charge in [0.1, 0.15) is 0 Å². The predicted octanol–water partition coefficient (Wildman–Crippen LogP) is 2.79. The first-order valence-corrected chi connectivity index (χ1v) is 5.17. The van der Waals surface area contributed by atoms with Gasteiger partial charge in [0, 0.05) is 0 Å². The second kappa shape index (κ2) is 2.30. The van der Waals surface area contributed by atoms with E-state index in [4.69, 9.17) is 0 Å². The summed E-state index contributed by atoms with van der Waals surface area (Å²) in [6.45, 7) is 0. The van der Waals surface area contributed by atoms with Crippen molar-refractivity contribution >= 4 is 21.6 Å². The van der Waals surface area contributed by atoms with Crippen LogP contribution in [0.5, 0.6) is 0 Å². The first kappa shape index (κ1) is 6.61. The Bertz CT molecular complexity index is 430. The van der Waals surface area contributed by atoms with Gasteiger partial charge in [-0.15, -0.1) is 11.3 Å². The highest BCUT2D eigenvalue weighted by atomic mass is 32.1. The second-order valence-corrected chi connectivity index (χ2v) is 4.11. The van der Waals surface area contributed by atoms with E-state index in [-0.39, 0.29) is 0 Å². The molecule has 0 radical (unpaired) electrons. The normalized spacial score (nSPS) is 15.3. The zero-order valence-corrected chi connectivity index (χ0v) is 7.53. The number of rotatable bonds is 0. The molecule has 1 aliphatic rings. The van der Waals surface area contributed by atoms with Crippen molar-refractivity contribution in [1.82, 2.24) is 4.98 Å². The fourth-order valence-corrected chi connectivity index (χ4v) is 2.88. The van der Waals surface area contributed by atoms with E-state index in [9.17, 15) is 0 Å². The van der Waals surface area contributed by atoms with Gasteiger partial charge in [0.05, 0.1) is 15.7 Å². The molecule has 1 aliphatic carbocycles. The van der Waals surface area contributed by atoms with Gasteiger partial charge in [-0.2, -0.15) is 0 Å². The fraction of sp³-hybridized carbons (Fsp3) is 0.300. The Kier molecular flexibility index (Phi) is 1.27. The van der Waals surface area contributed by atoms with Crippen LogP contribution in [0.3, 0.4) is 0 Å². The predicted molar refractivity (Wildman–Crippen MR) is 51.6 cm³/mol. The van der Waals surface area contributed by atoms with Crippen LogP contribution in [0, 0.1) is 0 Å². The summed E-state index contributed by atoms with van der Waals surface area (Å²) in [6, 6.07) is 4.39. The van der Waals surface area contributed by atoms with Crippen molar-refractivity contribution in [3.05, 3.63) is 28.8 Å². The maximum Gasteiger partial charge on any atom is 0.0815 e. The molecule has 0 N–H and O–H groups in total. The van der Waals surface area contributed by atoms with E-state index in [0.29, 0.717) is 0 Å². The van der Waals surface area contributed by atoms with Crippen LogP contribution in [0.4, 0.5) is 0 Å². The highest BCUT2D eigenvalue weighted by Crippen LogP contribution is 2.31. The molecule has 2 aromatic rings. The maximum absolute atomic E-state index is 4.31. The first-order chi connectivity index (χ1) is 5.95. The molecule has 0 aliphatic heterocycles. The molecule has 2 heteroatoms. The molecule has 0 amide bonds. The van der Waals surface area contributed by atoms with Crippen molar-refractivity contribution in [2.75, 3.05) is 0 Å². The van der Waals surface area contributed by atoms with Crippen LogP contribution in [-0.2, 0) is 12.8 Å². The van der Waals surface area contributed by atoms with Crippen molar-refractivity contribution in [3.8, 4) is 0 Å². The van der Waals surface area contributed by atoms with E-state index >= 15 is 0 Å². The summed E-state index contributed by atoms with van der Waals surface area (Å²) in [5.74, 6) is 0. The van der Waals surface area contributed by atoms with Crippen molar-refractivity contribution in [3.63, 3.8) is 0 Å². The molecule has 0 saturated heterocycles. The molecule has 0 bridgehead atoms. The second-order valence-electron chi connectivity index (χ2n) is 3.26. The zero-order chi connectivity index (χ0) is 7.97. The Balaban J connectivity index is 2.46.